The first-order chi connectivity index (χ1) is 16.7. The Balaban J connectivity index is 1.50. The highest BCUT2D eigenvalue weighted by Crippen LogP contribution is 2.34. The fourth-order valence-corrected chi connectivity index (χ4v) is 4.53. The number of ether oxygens (including phenoxy) is 1. The van der Waals surface area contributed by atoms with E-state index in [2.05, 4.69) is 47.3 Å². The Morgan fingerprint density at radius 2 is 1.94 bits per heavy atom. The highest BCUT2D eigenvalue weighted by molar-refractivity contribution is 9.10. The van der Waals surface area contributed by atoms with E-state index < -0.39 is 11.7 Å². The Morgan fingerprint density at radius 3 is 2.66 bits per heavy atom. The molecule has 4 rings (SSSR count). The molecular formula is C24H16Br2ClFN4O3. The molecule has 178 valence electrons. The summed E-state index contributed by atoms with van der Waals surface area (Å²) in [6.45, 7) is 1.38. The van der Waals surface area contributed by atoms with E-state index in [1.807, 2.05) is 6.07 Å². The second kappa shape index (κ2) is 10.7. The number of hydrogen-bond acceptors (Lipinski definition) is 5. The first-order valence-corrected chi connectivity index (χ1v) is 12.1. The number of carbonyl (C=O) groups excluding carboxylic acids is 1. The molecule has 7 nitrogen and oxygen atoms in total. The monoisotopic (exact) mass is 620 g/mol. The quantitative estimate of drug-likeness (QED) is 0.271. The average molecular weight is 623 g/mol. The number of halogens is 4. The molecule has 0 atom stereocenters. The minimum Gasteiger partial charge on any atom is -0.481 e. The number of nitrogens with zero attached hydrogens (tertiary/aromatic N) is 3. The fourth-order valence-electron chi connectivity index (χ4n) is 3.18. The minimum absolute atomic E-state index is 0.236. The summed E-state index contributed by atoms with van der Waals surface area (Å²) in [5, 5.41) is 7.56. The third-order valence-corrected chi connectivity index (χ3v) is 6.15. The summed E-state index contributed by atoms with van der Waals surface area (Å²) in [5.41, 5.74) is 1.31. The van der Waals surface area contributed by atoms with Crippen molar-refractivity contribution in [1.82, 2.24) is 9.66 Å². The highest BCUT2D eigenvalue weighted by atomic mass is 79.9. The molecule has 0 unspecified atom stereocenters. The number of aromatic nitrogens is 2. The first kappa shape index (κ1) is 25.0. The maximum Gasteiger partial charge on any atom is 0.282 e. The molecule has 1 amide bonds. The zero-order chi connectivity index (χ0) is 25.1. The van der Waals surface area contributed by atoms with Crippen LogP contribution >= 0.6 is 43.5 Å². The molecule has 0 saturated carbocycles. The van der Waals surface area contributed by atoms with Gasteiger partial charge in [0.05, 0.1) is 26.6 Å². The number of carbonyl (C=O) groups is 1. The lowest BCUT2D eigenvalue weighted by Crippen LogP contribution is -2.20. The average Bonchev–Trinajstić information content (AvgIpc) is 2.80. The van der Waals surface area contributed by atoms with Crippen LogP contribution in [0.25, 0.3) is 10.9 Å². The second-order valence-electron chi connectivity index (χ2n) is 7.34. The van der Waals surface area contributed by atoms with Gasteiger partial charge in [-0.1, -0.05) is 27.5 Å². The van der Waals surface area contributed by atoms with Crippen molar-refractivity contribution in [2.75, 3.05) is 11.9 Å². The Bertz CT molecular complexity index is 1500. The van der Waals surface area contributed by atoms with E-state index in [1.54, 1.807) is 31.2 Å². The number of anilines is 1. The standard InChI is InChI=1S/C24H16Br2ClFN4O3/c1-13-30-21-7-2-15(25)10-18(21)24(34)32(13)29-11-14-8-19(26)23(20(27)9-14)35-12-22(33)31-17-5-3-16(28)4-6-17/h2-11H,12H2,1H3,(H,31,33). The normalized spacial score (nSPS) is 11.2. The van der Waals surface area contributed by atoms with Crippen molar-refractivity contribution in [1.29, 1.82) is 0 Å². The van der Waals surface area contributed by atoms with E-state index in [9.17, 15) is 14.0 Å². The summed E-state index contributed by atoms with van der Waals surface area (Å²) in [6.07, 6.45) is 1.47. The van der Waals surface area contributed by atoms with Gasteiger partial charge in [-0.3, -0.25) is 9.59 Å². The molecule has 0 aliphatic heterocycles. The van der Waals surface area contributed by atoms with Crippen molar-refractivity contribution in [2.24, 2.45) is 5.10 Å². The lowest BCUT2D eigenvalue weighted by atomic mass is 10.2. The molecule has 4 aromatic rings. The molecule has 1 heterocycles. The number of aryl methyl sites for hydroxylation is 1. The van der Waals surface area contributed by atoms with E-state index in [4.69, 9.17) is 16.3 Å². The molecule has 0 aliphatic rings. The number of hydrogen-bond donors (Lipinski definition) is 1. The maximum atomic E-state index is 13.0. The van der Waals surface area contributed by atoms with Crippen LogP contribution in [0.1, 0.15) is 11.4 Å². The number of amides is 1. The predicted octanol–water partition coefficient (Wildman–Crippen LogP) is 5.92. The van der Waals surface area contributed by atoms with E-state index >= 15 is 0 Å². The maximum absolute atomic E-state index is 13.0. The molecule has 0 radical (unpaired) electrons. The Labute approximate surface area is 220 Å². The summed E-state index contributed by atoms with van der Waals surface area (Å²) in [5.74, 6) is -0.138. The third-order valence-electron chi connectivity index (χ3n) is 4.79. The highest BCUT2D eigenvalue weighted by Gasteiger charge is 2.12. The van der Waals surface area contributed by atoms with Crippen LogP contribution in [0.3, 0.4) is 0 Å². The van der Waals surface area contributed by atoms with Gasteiger partial charge in [0.15, 0.2) is 12.4 Å². The molecule has 0 spiro atoms. The smallest absolute Gasteiger partial charge is 0.282 e. The summed E-state index contributed by atoms with van der Waals surface area (Å²) in [4.78, 5) is 29.5. The number of rotatable bonds is 6. The molecule has 0 bridgehead atoms. The van der Waals surface area contributed by atoms with E-state index in [-0.39, 0.29) is 22.9 Å². The van der Waals surface area contributed by atoms with Crippen molar-refractivity contribution < 1.29 is 13.9 Å². The lowest BCUT2D eigenvalue weighted by molar-refractivity contribution is -0.118. The van der Waals surface area contributed by atoms with Gasteiger partial charge in [-0.05, 0) is 83.0 Å². The molecule has 0 saturated heterocycles. The van der Waals surface area contributed by atoms with Crippen LogP contribution in [-0.2, 0) is 4.79 Å². The van der Waals surface area contributed by atoms with Gasteiger partial charge >= 0.3 is 0 Å². The van der Waals surface area contributed by atoms with Crippen molar-refractivity contribution >= 4 is 72.2 Å². The number of fused-ring (bicyclic) bond motifs is 1. The zero-order valence-electron chi connectivity index (χ0n) is 18.1. The molecule has 1 N–H and O–H groups in total. The van der Waals surface area contributed by atoms with E-state index in [0.717, 1.165) is 4.47 Å². The van der Waals surface area contributed by atoms with Crippen LogP contribution in [0, 0.1) is 12.7 Å². The van der Waals surface area contributed by atoms with Gasteiger partial charge in [-0.15, -0.1) is 0 Å². The van der Waals surface area contributed by atoms with Gasteiger partial charge < -0.3 is 10.1 Å². The van der Waals surface area contributed by atoms with Crippen molar-refractivity contribution in [2.45, 2.75) is 6.92 Å². The summed E-state index contributed by atoms with van der Waals surface area (Å²) in [6, 6.07) is 13.9. The molecule has 11 heteroatoms. The van der Waals surface area contributed by atoms with Gasteiger partial charge in [0.2, 0.25) is 0 Å². The van der Waals surface area contributed by atoms with Gasteiger partial charge in [0.25, 0.3) is 11.5 Å². The topological polar surface area (TPSA) is 85.6 Å². The van der Waals surface area contributed by atoms with Gasteiger partial charge in [-0.25, -0.2) is 9.37 Å². The van der Waals surface area contributed by atoms with Gasteiger partial charge in [0, 0.05) is 10.2 Å². The van der Waals surface area contributed by atoms with Crippen LogP contribution in [0.15, 0.2) is 73.4 Å². The number of nitrogens with one attached hydrogen (secondary N) is 1. The van der Waals surface area contributed by atoms with Crippen LogP contribution < -0.4 is 15.6 Å². The van der Waals surface area contributed by atoms with Crippen molar-refractivity contribution in [3.63, 3.8) is 0 Å². The summed E-state index contributed by atoms with van der Waals surface area (Å²) in [7, 11) is 0. The Kier molecular flexibility index (Phi) is 7.63. The van der Waals surface area contributed by atoms with E-state index in [0.29, 0.717) is 32.5 Å². The molecule has 1 aromatic heterocycles. The fraction of sp³-hybridized carbons (Fsp3) is 0.0833. The van der Waals surface area contributed by atoms with Crippen LogP contribution in [-0.4, -0.2) is 28.4 Å². The number of benzene rings is 3. The second-order valence-corrected chi connectivity index (χ2v) is 9.52. The molecule has 35 heavy (non-hydrogen) atoms. The Morgan fingerprint density at radius 1 is 1.20 bits per heavy atom. The van der Waals surface area contributed by atoms with Crippen molar-refractivity contribution in [3.8, 4) is 5.75 Å². The Hall–Kier alpha value is -3.08. The minimum atomic E-state index is -0.435. The van der Waals surface area contributed by atoms with Crippen molar-refractivity contribution in [3.05, 3.63) is 96.1 Å². The third kappa shape index (κ3) is 5.95. The first-order valence-electron chi connectivity index (χ1n) is 10.1. The van der Waals surface area contributed by atoms with Gasteiger partial charge in [0.1, 0.15) is 11.6 Å². The molecule has 0 fully saturated rings. The van der Waals surface area contributed by atoms with Crippen LogP contribution in [0.4, 0.5) is 10.1 Å². The SMILES string of the molecule is Cc1nc2ccc(Br)cc2c(=O)n1N=Cc1cc(Cl)c(OCC(=O)Nc2ccc(F)cc2)c(Br)c1. The van der Waals surface area contributed by atoms with E-state index in [1.165, 1.54) is 35.2 Å². The summed E-state index contributed by atoms with van der Waals surface area (Å²) < 4.78 is 21.0. The predicted molar refractivity (Wildman–Crippen MR) is 141 cm³/mol. The van der Waals surface area contributed by atoms with Crippen LogP contribution in [0.2, 0.25) is 5.02 Å². The molecule has 0 aliphatic carbocycles. The summed E-state index contributed by atoms with van der Waals surface area (Å²) >= 11 is 13.1. The van der Waals surface area contributed by atoms with Crippen LogP contribution in [0.5, 0.6) is 5.75 Å². The van der Waals surface area contributed by atoms with Gasteiger partial charge in [-0.2, -0.15) is 9.78 Å². The zero-order valence-corrected chi connectivity index (χ0v) is 22.0. The molecular weight excluding hydrogens is 607 g/mol. The molecule has 3 aromatic carbocycles. The largest absolute Gasteiger partial charge is 0.481 e. The lowest BCUT2D eigenvalue weighted by Gasteiger charge is -2.11.